The lowest BCUT2D eigenvalue weighted by Crippen LogP contribution is -2.39. The minimum atomic E-state index is -0.249. The number of hydrogen-bond acceptors (Lipinski definition) is 4. The van der Waals surface area contributed by atoms with Gasteiger partial charge in [0.2, 0.25) is 0 Å². The van der Waals surface area contributed by atoms with Gasteiger partial charge in [0.15, 0.2) is 0 Å². The van der Waals surface area contributed by atoms with Crippen molar-refractivity contribution in [3.8, 4) is 0 Å². The molecular weight excluding hydrogens is 364 g/mol. The van der Waals surface area contributed by atoms with E-state index in [2.05, 4.69) is 34.6 Å². The van der Waals surface area contributed by atoms with Crippen LogP contribution in [0.15, 0.2) is 53.6 Å². The smallest absolute Gasteiger partial charge is 0.271 e. The van der Waals surface area contributed by atoms with Gasteiger partial charge in [0.05, 0.1) is 0 Å². The van der Waals surface area contributed by atoms with E-state index in [0.717, 1.165) is 37.2 Å². The zero-order valence-corrected chi connectivity index (χ0v) is 17.2. The van der Waals surface area contributed by atoms with Crippen molar-refractivity contribution in [2.24, 2.45) is 5.10 Å². The van der Waals surface area contributed by atoms with Crippen molar-refractivity contribution in [1.29, 1.82) is 0 Å². The fraction of sp³-hybridized carbons (Fsp3) is 0.348. The molecule has 1 aliphatic rings. The van der Waals surface area contributed by atoms with E-state index in [-0.39, 0.29) is 11.8 Å². The number of hydrazone groups is 1. The number of piperidine rings is 1. The molecule has 6 heteroatoms. The molecule has 0 atom stereocenters. The third-order valence-electron chi connectivity index (χ3n) is 5.22. The molecular formula is C23H28N4O2. The molecule has 2 aromatic rings. The molecule has 2 amide bonds. The monoisotopic (exact) mass is 392 g/mol. The summed E-state index contributed by atoms with van der Waals surface area (Å²) >= 11 is 0. The standard InChI is InChI=1S/C23H28N4O2/c1-16(2)27-14-12-20(13-15-27)25-26-22(28)18-8-10-19(11-9-18)24-23(29)21-7-5-4-6-17(21)3/h4-11,16H,12-15H2,1-3H3,(H,24,29)(H,26,28). The molecule has 1 aliphatic heterocycles. The van der Waals surface area contributed by atoms with Crippen LogP contribution in [0.25, 0.3) is 0 Å². The number of carbonyl (C=O) groups is 2. The average molecular weight is 393 g/mol. The van der Waals surface area contributed by atoms with Gasteiger partial charge < -0.3 is 10.2 Å². The SMILES string of the molecule is Cc1ccccc1C(=O)Nc1ccc(C(=O)NN=C2CCN(C(C)C)CC2)cc1. The number of nitrogens with one attached hydrogen (secondary N) is 2. The summed E-state index contributed by atoms with van der Waals surface area (Å²) in [7, 11) is 0. The van der Waals surface area contributed by atoms with E-state index in [1.165, 1.54) is 0 Å². The fourth-order valence-corrected chi connectivity index (χ4v) is 3.34. The topological polar surface area (TPSA) is 73.8 Å². The number of carbonyl (C=O) groups excluding carboxylic acids is 2. The lowest BCUT2D eigenvalue weighted by molar-refractivity contribution is 0.0953. The maximum atomic E-state index is 12.4. The Bertz CT molecular complexity index is 893. The molecule has 29 heavy (non-hydrogen) atoms. The molecule has 0 aliphatic carbocycles. The van der Waals surface area contributed by atoms with Crippen molar-refractivity contribution in [2.75, 3.05) is 18.4 Å². The van der Waals surface area contributed by atoms with Gasteiger partial charge in [-0.1, -0.05) is 18.2 Å². The van der Waals surface area contributed by atoms with Gasteiger partial charge in [-0.05, 0) is 56.7 Å². The summed E-state index contributed by atoms with van der Waals surface area (Å²) < 4.78 is 0. The first kappa shape index (κ1) is 20.7. The Labute approximate surface area is 172 Å². The molecule has 0 radical (unpaired) electrons. The first-order valence-electron chi connectivity index (χ1n) is 10.0. The van der Waals surface area contributed by atoms with Crippen molar-refractivity contribution in [3.05, 3.63) is 65.2 Å². The first-order valence-corrected chi connectivity index (χ1v) is 10.0. The third-order valence-corrected chi connectivity index (χ3v) is 5.22. The lowest BCUT2D eigenvalue weighted by Gasteiger charge is -2.30. The van der Waals surface area contributed by atoms with Crippen LogP contribution in [0, 0.1) is 6.92 Å². The molecule has 0 bridgehead atoms. The van der Waals surface area contributed by atoms with E-state index in [9.17, 15) is 9.59 Å². The number of amides is 2. The summed E-state index contributed by atoms with van der Waals surface area (Å²) in [5, 5.41) is 7.15. The molecule has 1 heterocycles. The largest absolute Gasteiger partial charge is 0.322 e. The molecule has 0 unspecified atom stereocenters. The van der Waals surface area contributed by atoms with Gasteiger partial charge in [0, 0.05) is 54.5 Å². The second kappa shape index (κ2) is 9.47. The maximum Gasteiger partial charge on any atom is 0.271 e. The summed E-state index contributed by atoms with van der Waals surface area (Å²) in [6.07, 6.45) is 1.75. The number of benzene rings is 2. The van der Waals surface area contributed by atoms with Gasteiger partial charge in [-0.3, -0.25) is 9.59 Å². The fourth-order valence-electron chi connectivity index (χ4n) is 3.34. The number of rotatable bonds is 5. The summed E-state index contributed by atoms with van der Waals surface area (Å²) in [6.45, 7) is 8.23. The van der Waals surface area contributed by atoms with Crippen LogP contribution >= 0.6 is 0 Å². The zero-order valence-electron chi connectivity index (χ0n) is 17.2. The highest BCUT2D eigenvalue weighted by Crippen LogP contribution is 2.14. The molecule has 0 spiro atoms. The van der Waals surface area contributed by atoms with E-state index in [1.54, 1.807) is 30.3 Å². The Morgan fingerprint density at radius 3 is 2.24 bits per heavy atom. The Morgan fingerprint density at radius 1 is 0.966 bits per heavy atom. The number of likely N-dealkylation sites (tertiary alicyclic amines) is 1. The van der Waals surface area contributed by atoms with Crippen molar-refractivity contribution >= 4 is 23.2 Å². The minimum absolute atomic E-state index is 0.167. The molecule has 2 aromatic carbocycles. The van der Waals surface area contributed by atoms with Crippen molar-refractivity contribution < 1.29 is 9.59 Å². The normalized spacial score (nSPS) is 14.6. The zero-order chi connectivity index (χ0) is 20.8. The Balaban J connectivity index is 1.55. The molecule has 2 N–H and O–H groups in total. The van der Waals surface area contributed by atoms with E-state index < -0.39 is 0 Å². The Kier molecular flexibility index (Phi) is 6.77. The minimum Gasteiger partial charge on any atom is -0.322 e. The molecule has 6 nitrogen and oxygen atoms in total. The Morgan fingerprint density at radius 2 is 1.62 bits per heavy atom. The highest BCUT2D eigenvalue weighted by molar-refractivity contribution is 6.05. The molecule has 0 aromatic heterocycles. The second-order valence-electron chi connectivity index (χ2n) is 7.60. The molecule has 0 saturated carbocycles. The predicted molar refractivity (Wildman–Crippen MR) is 116 cm³/mol. The lowest BCUT2D eigenvalue weighted by atomic mass is 10.1. The summed E-state index contributed by atoms with van der Waals surface area (Å²) in [5.74, 6) is -0.417. The summed E-state index contributed by atoms with van der Waals surface area (Å²) in [4.78, 5) is 27.1. The van der Waals surface area contributed by atoms with Crippen LogP contribution in [0.4, 0.5) is 5.69 Å². The van der Waals surface area contributed by atoms with E-state index >= 15 is 0 Å². The van der Waals surface area contributed by atoms with Gasteiger partial charge in [-0.2, -0.15) is 5.10 Å². The van der Waals surface area contributed by atoms with Crippen LogP contribution in [0.3, 0.4) is 0 Å². The molecule has 3 rings (SSSR count). The van der Waals surface area contributed by atoms with E-state index in [4.69, 9.17) is 0 Å². The third kappa shape index (κ3) is 5.51. The van der Waals surface area contributed by atoms with Gasteiger partial charge in [-0.15, -0.1) is 0 Å². The number of anilines is 1. The predicted octanol–water partition coefficient (Wildman–Crippen LogP) is 3.84. The Hall–Kier alpha value is -2.99. The maximum absolute atomic E-state index is 12.4. The van der Waals surface area contributed by atoms with Crippen LogP contribution in [0.2, 0.25) is 0 Å². The van der Waals surface area contributed by atoms with Gasteiger partial charge >= 0.3 is 0 Å². The van der Waals surface area contributed by atoms with Crippen LogP contribution in [-0.2, 0) is 0 Å². The summed E-state index contributed by atoms with van der Waals surface area (Å²) in [6, 6.07) is 14.8. The highest BCUT2D eigenvalue weighted by atomic mass is 16.2. The van der Waals surface area contributed by atoms with Gasteiger partial charge in [-0.25, -0.2) is 5.43 Å². The van der Waals surface area contributed by atoms with Crippen LogP contribution < -0.4 is 10.7 Å². The average Bonchev–Trinajstić information content (AvgIpc) is 2.73. The van der Waals surface area contributed by atoms with Crippen LogP contribution in [0.5, 0.6) is 0 Å². The van der Waals surface area contributed by atoms with Gasteiger partial charge in [0.1, 0.15) is 0 Å². The van der Waals surface area contributed by atoms with Crippen LogP contribution in [-0.4, -0.2) is 41.6 Å². The van der Waals surface area contributed by atoms with Crippen molar-refractivity contribution in [3.63, 3.8) is 0 Å². The molecule has 1 fully saturated rings. The van der Waals surface area contributed by atoms with Crippen molar-refractivity contribution in [1.82, 2.24) is 10.3 Å². The van der Waals surface area contributed by atoms with E-state index in [1.807, 2.05) is 25.1 Å². The van der Waals surface area contributed by atoms with Crippen molar-refractivity contribution in [2.45, 2.75) is 39.7 Å². The second-order valence-corrected chi connectivity index (χ2v) is 7.60. The highest BCUT2D eigenvalue weighted by Gasteiger charge is 2.17. The first-order chi connectivity index (χ1) is 13.9. The molecule has 152 valence electrons. The summed E-state index contributed by atoms with van der Waals surface area (Å²) in [5.41, 5.74) is 6.37. The number of nitrogens with zero attached hydrogens (tertiary/aromatic N) is 2. The quantitative estimate of drug-likeness (QED) is 0.760. The number of hydrogen-bond donors (Lipinski definition) is 2. The van der Waals surface area contributed by atoms with Crippen LogP contribution in [0.1, 0.15) is 53.0 Å². The van der Waals surface area contributed by atoms with Gasteiger partial charge in [0.25, 0.3) is 11.8 Å². The van der Waals surface area contributed by atoms with E-state index in [0.29, 0.717) is 22.9 Å². The molecule has 1 saturated heterocycles. The number of aryl methyl sites for hydroxylation is 1.